The molecule has 0 aromatic rings. The van der Waals surface area contributed by atoms with Crippen LogP contribution in [0.3, 0.4) is 0 Å². The summed E-state index contributed by atoms with van der Waals surface area (Å²) < 4.78 is 66.6. The Morgan fingerprint density at radius 3 is 2.20 bits per heavy atom. The highest BCUT2D eigenvalue weighted by atomic mass is 16.8. The first kappa shape index (κ1) is 40.7. The molecule has 0 aromatic heterocycles. The zero-order valence-corrected chi connectivity index (χ0v) is 33.5. The van der Waals surface area contributed by atoms with Crippen molar-refractivity contribution in [1.82, 2.24) is 0 Å². The van der Waals surface area contributed by atoms with E-state index in [9.17, 15) is 19.8 Å². The zero-order chi connectivity index (χ0) is 39.7. The SMILES string of the molecule is CO[C@H]1C[C@H](O[C@H]2[C@@H](O)C[C@H](O[C@@H]3[C@@H](C)O[C@@H](O[C@H]4CC[C@@]5(C)C(=CC[C@H]6C(=O)O[C@@H]7CO[C@]8(C)OC(=O)C(=CC[C@@H]65)[C@H]78)C4)C[C@H]3OC)O[C@@H]2C)O[C@@H](C)[C@@H]1O. The van der Waals surface area contributed by atoms with E-state index in [-0.39, 0.29) is 48.5 Å². The van der Waals surface area contributed by atoms with Crippen LogP contribution in [0.5, 0.6) is 0 Å². The van der Waals surface area contributed by atoms with Crippen molar-refractivity contribution < 1.29 is 71.9 Å². The molecule has 6 fully saturated rings. The number of esters is 2. The van der Waals surface area contributed by atoms with Crippen molar-refractivity contribution in [3.8, 4) is 0 Å². The number of allylic oxidation sites excluding steroid dienone is 2. The minimum Gasteiger partial charge on any atom is -0.459 e. The summed E-state index contributed by atoms with van der Waals surface area (Å²) in [7, 11) is 3.19. The molecule has 1 saturated carbocycles. The second-order valence-electron chi connectivity index (χ2n) is 17.5. The number of fused-ring (bicyclic) bond motifs is 3. The summed E-state index contributed by atoms with van der Waals surface area (Å²) in [5.74, 6) is -2.50. The van der Waals surface area contributed by atoms with Crippen LogP contribution >= 0.6 is 0 Å². The van der Waals surface area contributed by atoms with Gasteiger partial charge in [-0.1, -0.05) is 24.6 Å². The number of ether oxygens (including phenoxy) is 11. The number of aliphatic hydroxyl groups is 2. The summed E-state index contributed by atoms with van der Waals surface area (Å²) in [4.78, 5) is 26.6. The van der Waals surface area contributed by atoms with Gasteiger partial charge in [0.1, 0.15) is 24.4 Å². The van der Waals surface area contributed by atoms with Gasteiger partial charge >= 0.3 is 11.9 Å². The van der Waals surface area contributed by atoms with Crippen LogP contribution < -0.4 is 0 Å². The minimum absolute atomic E-state index is 0.0315. The van der Waals surface area contributed by atoms with Crippen molar-refractivity contribution in [3.05, 3.63) is 23.3 Å². The molecule has 314 valence electrons. The Balaban J connectivity index is 0.864. The van der Waals surface area contributed by atoms with Crippen molar-refractivity contribution in [2.75, 3.05) is 20.8 Å². The topological polar surface area (TPSA) is 176 Å². The number of carbonyl (C=O) groups is 2. The highest BCUT2D eigenvalue weighted by Gasteiger charge is 2.61. The molecule has 6 heterocycles. The van der Waals surface area contributed by atoms with E-state index in [0.717, 1.165) is 12.8 Å². The second-order valence-corrected chi connectivity index (χ2v) is 17.5. The fraction of sp³-hybridized carbons (Fsp3) is 0.854. The molecule has 8 aliphatic rings. The predicted octanol–water partition coefficient (Wildman–Crippen LogP) is 3.21. The summed E-state index contributed by atoms with van der Waals surface area (Å²) in [5, 5.41) is 21.5. The molecule has 15 heteroatoms. The third kappa shape index (κ3) is 7.41. The van der Waals surface area contributed by atoms with E-state index in [1.54, 1.807) is 28.1 Å². The van der Waals surface area contributed by atoms with Gasteiger partial charge in [-0.3, -0.25) is 4.79 Å². The number of rotatable bonds is 8. The molecule has 5 saturated heterocycles. The van der Waals surface area contributed by atoms with E-state index in [1.165, 1.54) is 5.57 Å². The number of aliphatic hydroxyl groups excluding tert-OH is 2. The molecule has 2 N–H and O–H groups in total. The third-order valence-electron chi connectivity index (χ3n) is 14.1. The lowest BCUT2D eigenvalue weighted by molar-refractivity contribution is -0.337. The Bertz CT molecular complexity index is 1520. The molecule has 0 amide bonds. The molecular formula is C41H60O15. The molecule has 0 radical (unpaired) electrons. The van der Waals surface area contributed by atoms with Crippen LogP contribution in [0.1, 0.15) is 86.0 Å². The van der Waals surface area contributed by atoms with Gasteiger partial charge in [-0.2, -0.15) is 0 Å². The molecule has 2 aliphatic carbocycles. The van der Waals surface area contributed by atoms with Gasteiger partial charge in [0, 0.05) is 46.0 Å². The maximum Gasteiger partial charge on any atom is 0.336 e. The third-order valence-corrected chi connectivity index (χ3v) is 14.1. The van der Waals surface area contributed by atoms with E-state index in [1.807, 2.05) is 19.9 Å². The molecule has 0 bridgehead atoms. The normalized spacial score (nSPS) is 50.6. The first-order valence-corrected chi connectivity index (χ1v) is 20.5. The highest BCUT2D eigenvalue weighted by molar-refractivity contribution is 5.92. The van der Waals surface area contributed by atoms with Gasteiger partial charge in [-0.05, 0) is 64.2 Å². The van der Waals surface area contributed by atoms with Crippen LogP contribution in [-0.4, -0.2) is 135 Å². The van der Waals surface area contributed by atoms with E-state index >= 15 is 0 Å². The van der Waals surface area contributed by atoms with Gasteiger partial charge in [-0.25, -0.2) is 4.79 Å². The Morgan fingerprint density at radius 2 is 1.46 bits per heavy atom. The Kier molecular flexibility index (Phi) is 11.5. The van der Waals surface area contributed by atoms with Crippen molar-refractivity contribution in [1.29, 1.82) is 0 Å². The fourth-order valence-electron chi connectivity index (χ4n) is 10.9. The number of carbonyl (C=O) groups excluding carboxylic acids is 2. The smallest absolute Gasteiger partial charge is 0.336 e. The molecule has 0 aromatic carbocycles. The summed E-state index contributed by atoms with van der Waals surface area (Å²) in [5.41, 5.74) is 1.55. The molecule has 15 nitrogen and oxygen atoms in total. The average Bonchev–Trinajstić information content (AvgIpc) is 3.61. The van der Waals surface area contributed by atoms with Crippen molar-refractivity contribution in [3.63, 3.8) is 0 Å². The maximum atomic E-state index is 13.7. The van der Waals surface area contributed by atoms with Gasteiger partial charge in [0.15, 0.2) is 18.9 Å². The van der Waals surface area contributed by atoms with Gasteiger partial charge in [0.2, 0.25) is 5.79 Å². The minimum atomic E-state index is -1.10. The van der Waals surface area contributed by atoms with Crippen LogP contribution in [0.15, 0.2) is 23.3 Å². The summed E-state index contributed by atoms with van der Waals surface area (Å²) in [6.07, 6.45) is 1.13. The molecule has 8 rings (SSSR count). The van der Waals surface area contributed by atoms with Crippen LogP contribution in [0.2, 0.25) is 0 Å². The average molecular weight is 793 g/mol. The van der Waals surface area contributed by atoms with Crippen molar-refractivity contribution >= 4 is 11.9 Å². The number of hydrogen-bond acceptors (Lipinski definition) is 15. The van der Waals surface area contributed by atoms with Crippen LogP contribution in [0.4, 0.5) is 0 Å². The highest BCUT2D eigenvalue weighted by Crippen LogP contribution is 2.56. The summed E-state index contributed by atoms with van der Waals surface area (Å²) in [6, 6.07) is 0. The van der Waals surface area contributed by atoms with Crippen molar-refractivity contribution in [2.45, 2.75) is 178 Å². The first-order valence-electron chi connectivity index (χ1n) is 20.5. The number of hydrogen-bond donors (Lipinski definition) is 2. The molecule has 19 atom stereocenters. The largest absolute Gasteiger partial charge is 0.459 e. The second kappa shape index (κ2) is 15.9. The van der Waals surface area contributed by atoms with Gasteiger partial charge in [-0.15, -0.1) is 0 Å². The lowest BCUT2D eigenvalue weighted by Gasteiger charge is -2.50. The Labute approximate surface area is 328 Å². The summed E-state index contributed by atoms with van der Waals surface area (Å²) >= 11 is 0. The fourth-order valence-corrected chi connectivity index (χ4v) is 10.9. The molecular weight excluding hydrogens is 732 g/mol. The molecule has 0 spiro atoms. The zero-order valence-electron chi connectivity index (χ0n) is 33.5. The lowest BCUT2D eigenvalue weighted by atomic mass is 9.55. The van der Waals surface area contributed by atoms with Gasteiger partial charge in [0.25, 0.3) is 0 Å². The first-order chi connectivity index (χ1) is 26.7. The van der Waals surface area contributed by atoms with Gasteiger partial charge < -0.3 is 62.3 Å². The summed E-state index contributed by atoms with van der Waals surface area (Å²) in [6.45, 7) is 9.72. The lowest BCUT2D eigenvalue weighted by Crippen LogP contribution is -2.56. The Morgan fingerprint density at radius 1 is 0.804 bits per heavy atom. The molecule has 6 aliphatic heterocycles. The van der Waals surface area contributed by atoms with Crippen LogP contribution in [0, 0.1) is 23.2 Å². The van der Waals surface area contributed by atoms with Crippen LogP contribution in [0.25, 0.3) is 0 Å². The van der Waals surface area contributed by atoms with Crippen molar-refractivity contribution in [2.24, 2.45) is 23.2 Å². The van der Waals surface area contributed by atoms with E-state index in [0.29, 0.717) is 37.7 Å². The molecule has 0 unspecified atom stereocenters. The standard InChI is InChI=1S/C41H60O15/c1-19-35(43)28(46-6)16-33(49-19)54-36-20(2)50-31(15-27(36)42)55-37-21(3)51-32(17-29(37)47-7)52-23-12-13-40(4)22(14-23)8-9-24-26(40)11-10-25-34-30(53-38(24)44)18-48-41(34,5)56-39(25)45/h8,10,19-21,23-24,26-37,42-43H,9,11-18H2,1-7H3/t19-,20+,21+,23-,24+,26-,27-,28-,29+,30+,31-,32-,33-,34+,35-,36+,37+,40-,41+/m0/s1. The van der Waals surface area contributed by atoms with Gasteiger partial charge in [0.05, 0.1) is 61.2 Å². The van der Waals surface area contributed by atoms with E-state index < -0.39 is 91.5 Å². The monoisotopic (exact) mass is 792 g/mol. The number of methoxy groups -OCH3 is 2. The van der Waals surface area contributed by atoms with E-state index in [4.69, 9.17) is 52.1 Å². The predicted molar refractivity (Wildman–Crippen MR) is 193 cm³/mol. The maximum absolute atomic E-state index is 13.7. The molecule has 56 heavy (non-hydrogen) atoms. The quantitative estimate of drug-likeness (QED) is 0.271. The Hall–Kier alpha value is -2.02. The van der Waals surface area contributed by atoms with Crippen LogP contribution in [-0.2, 0) is 61.7 Å². The van der Waals surface area contributed by atoms with E-state index in [2.05, 4.69) is 13.0 Å².